The summed E-state index contributed by atoms with van der Waals surface area (Å²) in [5, 5.41) is 4.12. The number of methoxy groups -OCH3 is 2. The SMILES string of the molecule is COc1ccc(S(=O)(=O)Nc2ccc(Oc3cc(-n4cccn4)ncn3)cc2)cc1OC. The molecule has 164 valence electrons. The molecule has 0 fully saturated rings. The van der Waals surface area contributed by atoms with Gasteiger partial charge in [-0.3, -0.25) is 4.72 Å². The third kappa shape index (κ3) is 4.62. The summed E-state index contributed by atoms with van der Waals surface area (Å²) in [4.78, 5) is 8.28. The highest BCUT2D eigenvalue weighted by atomic mass is 32.2. The molecule has 0 saturated heterocycles. The fourth-order valence-electron chi connectivity index (χ4n) is 2.82. The van der Waals surface area contributed by atoms with E-state index in [1.807, 2.05) is 0 Å². The van der Waals surface area contributed by atoms with Gasteiger partial charge in [0.2, 0.25) is 5.88 Å². The number of anilines is 1. The summed E-state index contributed by atoms with van der Waals surface area (Å²) in [6, 6.07) is 14.2. The Labute approximate surface area is 184 Å². The molecule has 4 aromatic rings. The Bertz CT molecular complexity index is 1310. The van der Waals surface area contributed by atoms with E-state index in [0.29, 0.717) is 34.6 Å². The zero-order valence-electron chi connectivity index (χ0n) is 17.2. The maximum absolute atomic E-state index is 12.7. The zero-order chi connectivity index (χ0) is 22.6. The second-order valence-electron chi connectivity index (χ2n) is 6.41. The van der Waals surface area contributed by atoms with Crippen molar-refractivity contribution < 1.29 is 22.6 Å². The Balaban J connectivity index is 1.48. The number of rotatable bonds is 8. The molecule has 0 amide bonds. The van der Waals surface area contributed by atoms with E-state index in [9.17, 15) is 8.42 Å². The number of nitrogens with one attached hydrogen (secondary N) is 1. The Hall–Kier alpha value is -4.12. The van der Waals surface area contributed by atoms with Crippen molar-refractivity contribution in [2.75, 3.05) is 18.9 Å². The van der Waals surface area contributed by atoms with E-state index in [1.54, 1.807) is 53.5 Å². The lowest BCUT2D eigenvalue weighted by atomic mass is 10.3. The quantitative estimate of drug-likeness (QED) is 0.432. The first kappa shape index (κ1) is 21.1. The third-order valence-electron chi connectivity index (χ3n) is 4.36. The maximum Gasteiger partial charge on any atom is 0.262 e. The smallest absolute Gasteiger partial charge is 0.262 e. The highest BCUT2D eigenvalue weighted by molar-refractivity contribution is 7.92. The molecule has 0 aliphatic rings. The van der Waals surface area contributed by atoms with Crippen molar-refractivity contribution in [2.45, 2.75) is 4.90 Å². The van der Waals surface area contributed by atoms with Gasteiger partial charge in [-0.1, -0.05) is 0 Å². The largest absolute Gasteiger partial charge is 0.493 e. The van der Waals surface area contributed by atoms with Gasteiger partial charge in [0, 0.05) is 30.2 Å². The van der Waals surface area contributed by atoms with Gasteiger partial charge in [-0.05, 0) is 42.5 Å². The van der Waals surface area contributed by atoms with Crippen molar-refractivity contribution in [2.24, 2.45) is 0 Å². The predicted octanol–water partition coefficient (Wildman–Crippen LogP) is 3.27. The van der Waals surface area contributed by atoms with E-state index >= 15 is 0 Å². The van der Waals surface area contributed by atoms with E-state index in [2.05, 4.69) is 19.8 Å². The van der Waals surface area contributed by atoms with E-state index in [0.717, 1.165) is 0 Å². The van der Waals surface area contributed by atoms with Crippen LogP contribution >= 0.6 is 0 Å². The van der Waals surface area contributed by atoms with Crippen LogP contribution < -0.4 is 18.9 Å². The van der Waals surface area contributed by atoms with Gasteiger partial charge < -0.3 is 14.2 Å². The number of aromatic nitrogens is 4. The average molecular weight is 453 g/mol. The minimum Gasteiger partial charge on any atom is -0.493 e. The number of sulfonamides is 1. The first-order valence-corrected chi connectivity index (χ1v) is 10.8. The van der Waals surface area contributed by atoms with Gasteiger partial charge in [0.25, 0.3) is 10.0 Å². The Kier molecular flexibility index (Phi) is 5.90. The van der Waals surface area contributed by atoms with E-state index < -0.39 is 10.0 Å². The molecule has 0 radical (unpaired) electrons. The van der Waals surface area contributed by atoms with Crippen molar-refractivity contribution in [3.63, 3.8) is 0 Å². The number of nitrogens with zero attached hydrogens (tertiary/aromatic N) is 4. The van der Waals surface area contributed by atoms with Crippen LogP contribution in [-0.4, -0.2) is 42.4 Å². The van der Waals surface area contributed by atoms with Gasteiger partial charge in [-0.25, -0.2) is 23.1 Å². The minimum absolute atomic E-state index is 0.0441. The number of benzene rings is 2. The topological polar surface area (TPSA) is 117 Å². The van der Waals surface area contributed by atoms with Gasteiger partial charge in [0.05, 0.1) is 19.1 Å². The van der Waals surface area contributed by atoms with Gasteiger partial charge >= 0.3 is 0 Å². The summed E-state index contributed by atoms with van der Waals surface area (Å²) < 4.78 is 45.6. The Morgan fingerprint density at radius 1 is 0.938 bits per heavy atom. The summed E-state index contributed by atoms with van der Waals surface area (Å²) in [7, 11) is -0.910. The molecule has 0 bridgehead atoms. The molecule has 2 aromatic heterocycles. The van der Waals surface area contributed by atoms with Crippen LogP contribution in [0.2, 0.25) is 0 Å². The lowest BCUT2D eigenvalue weighted by Gasteiger charge is -2.12. The van der Waals surface area contributed by atoms with Gasteiger partial charge in [0.15, 0.2) is 17.3 Å². The lowest BCUT2D eigenvalue weighted by Crippen LogP contribution is -2.13. The monoisotopic (exact) mass is 453 g/mol. The van der Waals surface area contributed by atoms with Crippen LogP contribution in [0, 0.1) is 0 Å². The molecule has 2 heterocycles. The summed E-state index contributed by atoms with van der Waals surface area (Å²) >= 11 is 0. The van der Waals surface area contributed by atoms with Crippen molar-refractivity contribution in [3.8, 4) is 28.9 Å². The van der Waals surface area contributed by atoms with Gasteiger partial charge in [-0.15, -0.1) is 0 Å². The molecule has 0 aliphatic carbocycles. The average Bonchev–Trinajstić information content (AvgIpc) is 3.35. The van der Waals surface area contributed by atoms with Crippen LogP contribution in [0.25, 0.3) is 5.82 Å². The molecule has 2 aromatic carbocycles. The summed E-state index contributed by atoms with van der Waals surface area (Å²) in [6.07, 6.45) is 4.77. The molecular formula is C21H19N5O5S. The first-order chi connectivity index (χ1) is 15.5. The standard InChI is InChI=1S/C21H19N5O5S/c1-29-18-9-8-17(12-19(18)30-2)32(27,28)25-15-4-6-16(7-5-15)31-21-13-20(22-14-23-21)26-11-3-10-24-26/h3-14,25H,1-2H3. The number of hydrogen-bond acceptors (Lipinski definition) is 8. The van der Waals surface area contributed by atoms with Crippen LogP contribution in [0.5, 0.6) is 23.1 Å². The van der Waals surface area contributed by atoms with Crippen LogP contribution in [0.4, 0.5) is 5.69 Å². The second-order valence-corrected chi connectivity index (χ2v) is 8.10. The predicted molar refractivity (Wildman–Crippen MR) is 116 cm³/mol. The Morgan fingerprint density at radius 3 is 2.41 bits per heavy atom. The van der Waals surface area contributed by atoms with Crippen molar-refractivity contribution in [1.82, 2.24) is 19.7 Å². The zero-order valence-corrected chi connectivity index (χ0v) is 18.0. The van der Waals surface area contributed by atoms with Crippen LogP contribution in [0.15, 0.2) is 78.2 Å². The molecule has 0 unspecified atom stereocenters. The number of hydrogen-bond donors (Lipinski definition) is 1. The van der Waals surface area contributed by atoms with E-state index in [-0.39, 0.29) is 4.90 Å². The van der Waals surface area contributed by atoms with Crippen LogP contribution in [-0.2, 0) is 10.0 Å². The van der Waals surface area contributed by atoms with Gasteiger partial charge in [0.1, 0.15) is 12.1 Å². The summed E-state index contributed by atoms with van der Waals surface area (Å²) in [6.45, 7) is 0. The minimum atomic E-state index is -3.83. The molecule has 1 N–H and O–H groups in total. The summed E-state index contributed by atoms with van der Waals surface area (Å²) in [5.41, 5.74) is 0.368. The fourth-order valence-corrected chi connectivity index (χ4v) is 3.90. The molecule has 4 rings (SSSR count). The third-order valence-corrected chi connectivity index (χ3v) is 5.74. The normalized spacial score (nSPS) is 11.1. The second kappa shape index (κ2) is 8.94. The van der Waals surface area contributed by atoms with E-state index in [4.69, 9.17) is 14.2 Å². The summed E-state index contributed by atoms with van der Waals surface area (Å²) in [5.74, 6) is 2.11. The highest BCUT2D eigenvalue weighted by Crippen LogP contribution is 2.30. The molecule has 11 heteroatoms. The molecule has 0 aliphatic heterocycles. The molecule has 0 saturated carbocycles. The number of ether oxygens (including phenoxy) is 3. The maximum atomic E-state index is 12.7. The molecule has 32 heavy (non-hydrogen) atoms. The highest BCUT2D eigenvalue weighted by Gasteiger charge is 2.17. The molecular weight excluding hydrogens is 434 g/mol. The van der Waals surface area contributed by atoms with Crippen molar-refractivity contribution in [1.29, 1.82) is 0 Å². The van der Waals surface area contributed by atoms with Crippen LogP contribution in [0.3, 0.4) is 0 Å². The first-order valence-electron chi connectivity index (χ1n) is 9.33. The molecule has 0 spiro atoms. The van der Waals surface area contributed by atoms with Gasteiger partial charge in [-0.2, -0.15) is 5.10 Å². The lowest BCUT2D eigenvalue weighted by molar-refractivity contribution is 0.354. The van der Waals surface area contributed by atoms with Crippen molar-refractivity contribution >= 4 is 15.7 Å². The molecule has 0 atom stereocenters. The fraction of sp³-hybridized carbons (Fsp3) is 0.0952. The van der Waals surface area contributed by atoms with E-state index in [1.165, 1.54) is 38.7 Å². The van der Waals surface area contributed by atoms with Crippen molar-refractivity contribution in [3.05, 3.63) is 73.3 Å². The molecule has 10 nitrogen and oxygen atoms in total. The van der Waals surface area contributed by atoms with Crippen LogP contribution in [0.1, 0.15) is 0 Å². The Morgan fingerprint density at radius 2 is 1.72 bits per heavy atom.